The summed E-state index contributed by atoms with van der Waals surface area (Å²) in [5, 5.41) is 7.97. The predicted molar refractivity (Wildman–Crippen MR) is 126 cm³/mol. The van der Waals surface area contributed by atoms with Gasteiger partial charge in [0.1, 0.15) is 5.82 Å². The van der Waals surface area contributed by atoms with Gasteiger partial charge in [-0.25, -0.2) is 9.67 Å². The molecule has 2 aromatic rings. The lowest BCUT2D eigenvalue weighted by molar-refractivity contribution is 0.0940. The van der Waals surface area contributed by atoms with E-state index in [1.807, 2.05) is 32.2 Å². The number of carbonyl (C=O) groups excluding carboxylic acids is 1. The number of aryl methyl sites for hydroxylation is 1. The Morgan fingerprint density at radius 3 is 2.71 bits per heavy atom. The molecule has 0 saturated heterocycles. The smallest absolute Gasteiger partial charge is 0.278 e. The van der Waals surface area contributed by atoms with Gasteiger partial charge >= 0.3 is 0 Å². The molecule has 0 radical (unpaired) electrons. The summed E-state index contributed by atoms with van der Waals surface area (Å²) >= 11 is 0. The molecule has 5 nitrogen and oxygen atoms in total. The maximum absolute atomic E-state index is 13.7. The average molecular weight is 415 g/mol. The van der Waals surface area contributed by atoms with Crippen molar-refractivity contribution in [2.75, 3.05) is 0 Å². The molecule has 1 heterocycles. The number of nitrogens with one attached hydrogen (secondary N) is 1. The highest BCUT2D eigenvalue weighted by atomic mass is 16.2. The largest absolute Gasteiger partial charge is 0.364 e. The summed E-state index contributed by atoms with van der Waals surface area (Å²) in [4.78, 5) is 18.3. The lowest BCUT2D eigenvalue weighted by atomic mass is 9.84. The first-order chi connectivity index (χ1) is 14.8. The molecule has 4 rings (SSSR count). The van der Waals surface area contributed by atoms with Crippen LogP contribution in [0.2, 0.25) is 0 Å². The zero-order valence-corrected chi connectivity index (χ0v) is 18.8. The van der Waals surface area contributed by atoms with Gasteiger partial charge in [-0.2, -0.15) is 5.10 Å². The Balaban J connectivity index is 1.76. The first-order valence-corrected chi connectivity index (χ1v) is 10.9. The van der Waals surface area contributed by atoms with E-state index in [0.717, 1.165) is 59.4 Å². The first-order valence-electron chi connectivity index (χ1n) is 10.9. The second-order valence-electron chi connectivity index (χ2n) is 8.90. The molecule has 31 heavy (non-hydrogen) atoms. The first kappa shape index (κ1) is 21.0. The molecule has 1 fully saturated rings. The van der Waals surface area contributed by atoms with E-state index in [0.29, 0.717) is 5.57 Å². The Kier molecular flexibility index (Phi) is 5.52. The zero-order chi connectivity index (χ0) is 22.2. The van der Waals surface area contributed by atoms with Crippen LogP contribution in [0.15, 0.2) is 76.3 Å². The Morgan fingerprint density at radius 2 is 2.03 bits per heavy atom. The van der Waals surface area contributed by atoms with Crippen LogP contribution in [0.3, 0.4) is 0 Å². The van der Waals surface area contributed by atoms with Gasteiger partial charge in [0.05, 0.1) is 11.8 Å². The van der Waals surface area contributed by atoms with Crippen molar-refractivity contribution in [1.82, 2.24) is 15.1 Å². The zero-order valence-electron chi connectivity index (χ0n) is 18.8. The molecular weight excluding hydrogens is 384 g/mol. The van der Waals surface area contributed by atoms with Crippen LogP contribution in [0.4, 0.5) is 0 Å². The minimum absolute atomic E-state index is 0.0403. The van der Waals surface area contributed by atoms with E-state index in [4.69, 9.17) is 0 Å². The standard InChI is InChI=1S/C26H30N4O/c1-6-27-24(29-26(5)12-13-26)22-18(3)10-11-19(4)23(22)25(31)30-16-21(15-28-30)20-9-7-8-17(2)14-20/h6-9,14-16,29H,3,10-13H2,1-2,4-5H3/b24-22-,27-6?. The molecule has 2 aliphatic rings. The fraction of sp³-hybridized carbons (Fsp3) is 0.346. The van der Waals surface area contributed by atoms with E-state index in [9.17, 15) is 4.79 Å². The molecule has 0 spiro atoms. The number of hydrogen-bond donors (Lipinski definition) is 1. The normalized spacial score (nSPS) is 19.7. The minimum atomic E-state index is -0.140. The summed E-state index contributed by atoms with van der Waals surface area (Å²) in [5.41, 5.74) is 6.66. The Labute approximate surface area is 184 Å². The number of rotatable bonds is 5. The van der Waals surface area contributed by atoms with Gasteiger partial charge in [-0.1, -0.05) is 42.0 Å². The van der Waals surface area contributed by atoms with Gasteiger partial charge in [0.25, 0.3) is 5.91 Å². The highest BCUT2D eigenvalue weighted by molar-refractivity contribution is 6.02. The number of aliphatic imine (C=N–C) groups is 1. The highest BCUT2D eigenvalue weighted by Gasteiger charge is 2.39. The summed E-state index contributed by atoms with van der Waals surface area (Å²) in [6.45, 7) is 12.4. The third-order valence-electron chi connectivity index (χ3n) is 6.10. The molecule has 1 aromatic heterocycles. The van der Waals surface area contributed by atoms with Gasteiger partial charge in [-0.3, -0.25) is 4.79 Å². The van der Waals surface area contributed by atoms with E-state index < -0.39 is 0 Å². The van der Waals surface area contributed by atoms with E-state index in [-0.39, 0.29) is 11.4 Å². The second-order valence-corrected chi connectivity index (χ2v) is 8.90. The van der Waals surface area contributed by atoms with E-state index in [1.165, 1.54) is 10.2 Å². The van der Waals surface area contributed by atoms with Crippen molar-refractivity contribution in [1.29, 1.82) is 0 Å². The minimum Gasteiger partial charge on any atom is -0.364 e. The van der Waals surface area contributed by atoms with Gasteiger partial charge in [0.15, 0.2) is 0 Å². The molecule has 0 unspecified atom stereocenters. The van der Waals surface area contributed by atoms with Gasteiger partial charge in [0, 0.05) is 29.1 Å². The third kappa shape index (κ3) is 4.31. The Bertz CT molecular complexity index is 1140. The van der Waals surface area contributed by atoms with Crippen molar-refractivity contribution in [3.63, 3.8) is 0 Å². The average Bonchev–Trinajstić information content (AvgIpc) is 3.26. The molecule has 0 bridgehead atoms. The van der Waals surface area contributed by atoms with Crippen LogP contribution in [-0.2, 0) is 0 Å². The highest BCUT2D eigenvalue weighted by Crippen LogP contribution is 2.40. The van der Waals surface area contributed by atoms with Crippen LogP contribution in [0, 0.1) is 6.92 Å². The lowest BCUT2D eigenvalue weighted by Crippen LogP contribution is -2.30. The van der Waals surface area contributed by atoms with Gasteiger partial charge in [0.2, 0.25) is 0 Å². The van der Waals surface area contributed by atoms with Crippen molar-refractivity contribution < 1.29 is 4.79 Å². The third-order valence-corrected chi connectivity index (χ3v) is 6.10. The monoisotopic (exact) mass is 414 g/mol. The molecule has 0 atom stereocenters. The van der Waals surface area contributed by atoms with Crippen molar-refractivity contribution in [3.05, 3.63) is 76.9 Å². The van der Waals surface area contributed by atoms with Crippen molar-refractivity contribution in [2.24, 2.45) is 4.99 Å². The summed E-state index contributed by atoms with van der Waals surface area (Å²) in [7, 11) is 0. The quantitative estimate of drug-likeness (QED) is 0.647. The topological polar surface area (TPSA) is 59.3 Å². The number of allylic oxidation sites excluding steroid dienone is 4. The predicted octanol–water partition coefficient (Wildman–Crippen LogP) is 5.61. The van der Waals surface area contributed by atoms with Crippen LogP contribution in [0.1, 0.15) is 56.8 Å². The summed E-state index contributed by atoms with van der Waals surface area (Å²) in [6, 6.07) is 8.20. The van der Waals surface area contributed by atoms with Crippen LogP contribution in [-0.4, -0.2) is 27.4 Å². The maximum Gasteiger partial charge on any atom is 0.278 e. The van der Waals surface area contributed by atoms with Crippen molar-refractivity contribution in [3.8, 4) is 11.1 Å². The lowest BCUT2D eigenvalue weighted by Gasteiger charge is -2.26. The molecule has 1 aromatic carbocycles. The molecule has 1 saturated carbocycles. The molecule has 160 valence electrons. The molecule has 5 heteroatoms. The van der Waals surface area contributed by atoms with Crippen LogP contribution < -0.4 is 5.32 Å². The van der Waals surface area contributed by atoms with Crippen LogP contribution in [0.5, 0.6) is 0 Å². The van der Waals surface area contributed by atoms with Crippen molar-refractivity contribution in [2.45, 2.75) is 58.9 Å². The van der Waals surface area contributed by atoms with Crippen molar-refractivity contribution >= 4 is 12.1 Å². The summed E-state index contributed by atoms with van der Waals surface area (Å²) in [6.07, 6.45) is 9.16. The second kappa shape index (κ2) is 8.14. The van der Waals surface area contributed by atoms with E-state index in [1.54, 1.807) is 12.4 Å². The molecule has 0 aliphatic heterocycles. The van der Waals surface area contributed by atoms with E-state index in [2.05, 4.69) is 48.0 Å². The summed E-state index contributed by atoms with van der Waals surface area (Å²) < 4.78 is 1.45. The van der Waals surface area contributed by atoms with Gasteiger partial charge < -0.3 is 5.32 Å². The van der Waals surface area contributed by atoms with Crippen LogP contribution in [0.25, 0.3) is 11.1 Å². The number of carbonyl (C=O) groups is 1. The number of hydrogen-bond acceptors (Lipinski definition) is 4. The number of aromatic nitrogens is 2. The fourth-order valence-electron chi connectivity index (χ4n) is 3.96. The van der Waals surface area contributed by atoms with Crippen LogP contribution >= 0.6 is 0 Å². The Morgan fingerprint density at radius 1 is 1.26 bits per heavy atom. The van der Waals surface area contributed by atoms with E-state index >= 15 is 0 Å². The number of benzene rings is 1. The Hall–Kier alpha value is -3.21. The molecular formula is C26H30N4O. The molecule has 0 amide bonds. The summed E-state index contributed by atoms with van der Waals surface area (Å²) in [5.74, 6) is 0.597. The van der Waals surface area contributed by atoms with Gasteiger partial charge in [-0.05, 0) is 64.5 Å². The fourth-order valence-corrected chi connectivity index (χ4v) is 3.96. The number of nitrogens with zero attached hydrogens (tertiary/aromatic N) is 3. The van der Waals surface area contributed by atoms with Gasteiger partial charge in [-0.15, -0.1) is 0 Å². The maximum atomic E-state index is 13.7. The SMILES string of the molecule is C=C1CCC(C)=C(C(=O)n2cc(-c3cccc(C)c3)cn2)/C1=C(/N=CC)NC1(C)CC1. The molecule has 2 aliphatic carbocycles. The molecule has 1 N–H and O–H groups in total.